The van der Waals surface area contributed by atoms with Crippen molar-refractivity contribution < 1.29 is 23.1 Å². The number of rotatable bonds is 5. The second-order valence-electron chi connectivity index (χ2n) is 6.90. The van der Waals surface area contributed by atoms with Crippen LogP contribution in [0.15, 0.2) is 42.7 Å². The third-order valence-corrected chi connectivity index (χ3v) is 5.12. The van der Waals surface area contributed by atoms with Gasteiger partial charge in [0.25, 0.3) is 5.91 Å². The largest absolute Gasteiger partial charge is 0.487 e. The fraction of sp³-hybridized carbons (Fsp3) is 0.368. The van der Waals surface area contributed by atoms with E-state index in [4.69, 9.17) is 11.6 Å². The number of imide groups is 1. The number of hydrogen-bond donors (Lipinski definition) is 0. The van der Waals surface area contributed by atoms with Crippen molar-refractivity contribution in [3.8, 4) is 5.75 Å². The van der Waals surface area contributed by atoms with Crippen molar-refractivity contribution >= 4 is 35.1 Å². The fourth-order valence-electron chi connectivity index (χ4n) is 3.66. The van der Waals surface area contributed by atoms with Crippen LogP contribution < -0.4 is 14.5 Å². The van der Waals surface area contributed by atoms with Gasteiger partial charge >= 0.3 is 5.57 Å². The molecule has 2 saturated heterocycles. The van der Waals surface area contributed by atoms with Crippen molar-refractivity contribution in [1.82, 2.24) is 14.9 Å². The van der Waals surface area contributed by atoms with E-state index in [-0.39, 0.29) is 24.0 Å². The van der Waals surface area contributed by atoms with Gasteiger partial charge in [-0.1, -0.05) is 0 Å². The minimum atomic E-state index is -3.83. The molecule has 3 heterocycles. The summed E-state index contributed by atoms with van der Waals surface area (Å²) < 4.78 is 29.7. The van der Waals surface area contributed by atoms with Gasteiger partial charge in [-0.25, -0.2) is 14.9 Å². The number of carbonyl (C=O) groups excluding carboxylic acids is 2. The lowest BCUT2D eigenvalue weighted by molar-refractivity contribution is -0.123. The van der Waals surface area contributed by atoms with Gasteiger partial charge in [-0.15, -0.1) is 8.78 Å². The predicted octanol–water partition coefficient (Wildman–Crippen LogP) is 2.10. The first-order chi connectivity index (χ1) is 14.3. The molecule has 2 aliphatic heterocycles. The molecule has 2 aliphatic rings. The van der Waals surface area contributed by atoms with E-state index < -0.39 is 11.6 Å². The summed E-state index contributed by atoms with van der Waals surface area (Å²) >= 11 is 4.74. The molecule has 0 aliphatic carbocycles. The minimum absolute atomic E-state index is 0.0681. The standard InChI is InChI=1S/C19H18ClF2N5O3/c20-19(21,22)30-14-4-2-13(3-5-14)27-16(28)12-15(17(27)29)25-8-10-26(11-9-25)18-23-6-1-7-24-18/h1-7,15H,8-12H2. The van der Waals surface area contributed by atoms with Crippen LogP contribution in [0.4, 0.5) is 20.4 Å². The molecule has 0 saturated carbocycles. The maximum absolute atomic E-state index is 12.9. The van der Waals surface area contributed by atoms with Gasteiger partial charge in [-0.05, 0) is 30.3 Å². The van der Waals surface area contributed by atoms with Crippen LogP contribution >= 0.6 is 11.6 Å². The first kappa shape index (κ1) is 20.4. The Bertz CT molecular complexity index is 918. The van der Waals surface area contributed by atoms with Crippen LogP contribution in [-0.4, -0.2) is 64.5 Å². The summed E-state index contributed by atoms with van der Waals surface area (Å²) in [5.74, 6) is -0.206. The molecule has 2 aromatic rings. The van der Waals surface area contributed by atoms with E-state index in [1.54, 1.807) is 18.5 Å². The van der Waals surface area contributed by atoms with Gasteiger partial charge in [0.05, 0.1) is 18.2 Å². The number of nitrogens with zero attached hydrogens (tertiary/aromatic N) is 5. The quantitative estimate of drug-likeness (QED) is 0.523. The van der Waals surface area contributed by atoms with Crippen molar-refractivity contribution in [3.63, 3.8) is 0 Å². The summed E-state index contributed by atoms with van der Waals surface area (Å²) in [6, 6.07) is 6.41. The van der Waals surface area contributed by atoms with E-state index in [1.807, 2.05) is 9.80 Å². The van der Waals surface area contributed by atoms with Gasteiger partial charge in [0.15, 0.2) is 0 Å². The highest BCUT2D eigenvalue weighted by molar-refractivity contribution is 6.22. The Morgan fingerprint density at radius 1 is 1.03 bits per heavy atom. The van der Waals surface area contributed by atoms with Crippen LogP contribution in [0.1, 0.15) is 6.42 Å². The number of ether oxygens (including phenoxy) is 1. The number of amides is 2. The summed E-state index contributed by atoms with van der Waals surface area (Å²) in [5, 5.41) is 0. The Hall–Kier alpha value is -2.85. The van der Waals surface area contributed by atoms with E-state index in [9.17, 15) is 18.4 Å². The maximum atomic E-state index is 12.9. The molecule has 1 unspecified atom stereocenters. The molecule has 0 bridgehead atoms. The average Bonchev–Trinajstić information content (AvgIpc) is 3.02. The van der Waals surface area contributed by atoms with Gasteiger partial charge in [0.2, 0.25) is 11.9 Å². The number of alkyl halides is 3. The van der Waals surface area contributed by atoms with Gasteiger partial charge < -0.3 is 9.64 Å². The minimum Gasteiger partial charge on any atom is -0.420 e. The van der Waals surface area contributed by atoms with E-state index in [0.717, 1.165) is 4.90 Å². The predicted molar refractivity (Wildman–Crippen MR) is 105 cm³/mol. The molecule has 1 aromatic heterocycles. The van der Waals surface area contributed by atoms with Gasteiger partial charge in [-0.2, -0.15) is 0 Å². The molecule has 1 aromatic carbocycles. The molecule has 30 heavy (non-hydrogen) atoms. The smallest absolute Gasteiger partial charge is 0.420 e. The maximum Gasteiger partial charge on any atom is 0.487 e. The van der Waals surface area contributed by atoms with Gasteiger partial charge in [0, 0.05) is 50.2 Å². The zero-order chi connectivity index (χ0) is 21.3. The van der Waals surface area contributed by atoms with E-state index >= 15 is 0 Å². The number of hydrogen-bond acceptors (Lipinski definition) is 7. The Kier molecular flexibility index (Phi) is 5.52. The van der Waals surface area contributed by atoms with Crippen molar-refractivity contribution in [2.75, 3.05) is 36.0 Å². The SMILES string of the molecule is O=C1CC(N2CCN(c3ncccn3)CC2)C(=O)N1c1ccc(OC(F)(F)Cl)cc1. The molecule has 8 nitrogen and oxygen atoms in total. The lowest BCUT2D eigenvalue weighted by atomic mass is 10.2. The topological polar surface area (TPSA) is 78.9 Å². The van der Waals surface area contributed by atoms with Gasteiger partial charge in [0.1, 0.15) is 5.75 Å². The summed E-state index contributed by atoms with van der Waals surface area (Å²) in [7, 11) is 0. The van der Waals surface area contributed by atoms with Crippen molar-refractivity contribution in [2.24, 2.45) is 0 Å². The molecule has 0 N–H and O–H groups in total. The van der Waals surface area contributed by atoms with E-state index in [2.05, 4.69) is 14.7 Å². The van der Waals surface area contributed by atoms with E-state index in [0.29, 0.717) is 37.8 Å². The van der Waals surface area contributed by atoms with Crippen LogP contribution in [0.3, 0.4) is 0 Å². The Morgan fingerprint density at radius 2 is 1.67 bits per heavy atom. The molecule has 2 fully saturated rings. The first-order valence-electron chi connectivity index (χ1n) is 9.30. The van der Waals surface area contributed by atoms with Crippen molar-refractivity contribution in [2.45, 2.75) is 18.0 Å². The average molecular weight is 438 g/mol. The third-order valence-electron chi connectivity index (χ3n) is 5.04. The molecule has 2 amide bonds. The first-order valence-corrected chi connectivity index (χ1v) is 9.68. The summed E-state index contributed by atoms with van der Waals surface area (Å²) in [6.07, 6.45) is 3.42. The van der Waals surface area contributed by atoms with Crippen LogP contribution in [0.5, 0.6) is 5.75 Å². The molecule has 1 atom stereocenters. The highest BCUT2D eigenvalue weighted by Crippen LogP contribution is 2.30. The fourth-order valence-corrected chi connectivity index (χ4v) is 3.75. The molecular formula is C19H18ClF2N5O3. The monoisotopic (exact) mass is 437 g/mol. The number of anilines is 2. The second-order valence-corrected chi connectivity index (χ2v) is 7.34. The number of aromatic nitrogens is 2. The summed E-state index contributed by atoms with van der Waals surface area (Å²) in [5.41, 5.74) is -3.53. The Morgan fingerprint density at radius 3 is 2.27 bits per heavy atom. The normalized spacial score (nSPS) is 20.7. The lowest BCUT2D eigenvalue weighted by Crippen LogP contribution is -2.53. The second kappa shape index (κ2) is 8.11. The highest BCUT2D eigenvalue weighted by Gasteiger charge is 2.43. The number of benzene rings is 1. The summed E-state index contributed by atoms with van der Waals surface area (Å²) in [6.45, 7) is 2.46. The van der Waals surface area contributed by atoms with Crippen molar-refractivity contribution in [3.05, 3.63) is 42.7 Å². The Labute approximate surface area is 176 Å². The number of piperazine rings is 1. The van der Waals surface area contributed by atoms with Crippen LogP contribution in [0, 0.1) is 0 Å². The number of halogens is 3. The molecule has 0 spiro atoms. The van der Waals surface area contributed by atoms with Crippen LogP contribution in [0.25, 0.3) is 0 Å². The Balaban J connectivity index is 1.41. The van der Waals surface area contributed by atoms with Gasteiger partial charge in [-0.3, -0.25) is 14.5 Å². The highest BCUT2D eigenvalue weighted by atomic mass is 35.5. The van der Waals surface area contributed by atoms with E-state index in [1.165, 1.54) is 24.3 Å². The van der Waals surface area contributed by atoms with Crippen molar-refractivity contribution in [1.29, 1.82) is 0 Å². The number of carbonyl (C=O) groups is 2. The molecule has 4 rings (SSSR count). The molecule has 11 heteroatoms. The molecule has 158 valence electrons. The zero-order valence-electron chi connectivity index (χ0n) is 15.7. The molecule has 0 radical (unpaired) electrons. The lowest BCUT2D eigenvalue weighted by Gasteiger charge is -2.36. The molecular weight excluding hydrogens is 420 g/mol. The third kappa shape index (κ3) is 4.34. The zero-order valence-corrected chi connectivity index (χ0v) is 16.5. The summed E-state index contributed by atoms with van der Waals surface area (Å²) in [4.78, 5) is 39.0. The van der Waals surface area contributed by atoms with Crippen LogP contribution in [0.2, 0.25) is 0 Å². The van der Waals surface area contributed by atoms with Crippen LogP contribution in [-0.2, 0) is 9.59 Å².